The first-order valence-electron chi connectivity index (χ1n) is 8.51. The van der Waals surface area contributed by atoms with Gasteiger partial charge in [-0.1, -0.05) is 24.6 Å². The molecule has 5 atom stereocenters. The van der Waals surface area contributed by atoms with Crippen LogP contribution in [0, 0.1) is 17.3 Å². The van der Waals surface area contributed by atoms with Crippen LogP contribution < -0.4 is 5.43 Å². The molecular formula is C19H23ClO2. The molecule has 1 aromatic rings. The predicted octanol–water partition coefficient (Wildman–Crippen LogP) is 3.92. The summed E-state index contributed by atoms with van der Waals surface area (Å²) in [6.07, 6.45) is 6.31. The molecule has 0 unspecified atom stereocenters. The average molecular weight is 319 g/mol. The summed E-state index contributed by atoms with van der Waals surface area (Å²) in [7, 11) is 0. The van der Waals surface area contributed by atoms with Crippen LogP contribution >= 0.6 is 11.6 Å². The van der Waals surface area contributed by atoms with Crippen LogP contribution in [0.15, 0.2) is 23.0 Å². The predicted molar refractivity (Wildman–Crippen MR) is 88.3 cm³/mol. The number of fused-ring (bicyclic) bond motifs is 5. The zero-order valence-electron chi connectivity index (χ0n) is 13.0. The largest absolute Gasteiger partial charge is 0.393 e. The van der Waals surface area contributed by atoms with Gasteiger partial charge in [-0.25, -0.2) is 0 Å². The number of aryl methyl sites for hydroxylation is 1. The van der Waals surface area contributed by atoms with Gasteiger partial charge in [-0.05, 0) is 85.0 Å². The molecule has 1 aromatic carbocycles. The van der Waals surface area contributed by atoms with Gasteiger partial charge < -0.3 is 5.11 Å². The highest BCUT2D eigenvalue weighted by Gasteiger charge is 2.54. The highest BCUT2D eigenvalue weighted by atomic mass is 35.5. The first-order valence-corrected chi connectivity index (χ1v) is 8.89. The van der Waals surface area contributed by atoms with Gasteiger partial charge >= 0.3 is 0 Å². The molecule has 2 nitrogen and oxygen atoms in total. The second-order valence-corrected chi connectivity index (χ2v) is 8.13. The van der Waals surface area contributed by atoms with Crippen molar-refractivity contribution in [2.45, 2.75) is 57.5 Å². The lowest BCUT2D eigenvalue weighted by Crippen LogP contribution is -2.43. The van der Waals surface area contributed by atoms with Crippen molar-refractivity contribution in [1.29, 1.82) is 0 Å². The van der Waals surface area contributed by atoms with Crippen LogP contribution in [0.1, 0.15) is 56.1 Å². The van der Waals surface area contributed by atoms with Crippen LogP contribution in [-0.4, -0.2) is 11.2 Å². The van der Waals surface area contributed by atoms with Gasteiger partial charge in [0.15, 0.2) is 5.43 Å². The highest BCUT2D eigenvalue weighted by molar-refractivity contribution is 6.30. The van der Waals surface area contributed by atoms with E-state index in [4.69, 9.17) is 11.6 Å². The molecule has 0 radical (unpaired) electrons. The van der Waals surface area contributed by atoms with Crippen LogP contribution in [0.25, 0.3) is 0 Å². The van der Waals surface area contributed by atoms with Gasteiger partial charge in [-0.15, -0.1) is 0 Å². The minimum atomic E-state index is -0.130. The quantitative estimate of drug-likeness (QED) is 0.787. The number of hydrogen-bond acceptors (Lipinski definition) is 2. The van der Waals surface area contributed by atoms with Crippen molar-refractivity contribution in [3.05, 3.63) is 44.6 Å². The van der Waals surface area contributed by atoms with Crippen LogP contribution in [0.3, 0.4) is 0 Å². The fourth-order valence-electron chi connectivity index (χ4n) is 5.61. The molecule has 0 saturated heterocycles. The Bertz CT molecular complexity index is 671. The number of aliphatic hydroxyl groups is 1. The smallest absolute Gasteiger partial charge is 0.197 e. The first kappa shape index (κ1) is 14.7. The second-order valence-electron chi connectivity index (χ2n) is 7.72. The van der Waals surface area contributed by atoms with Crippen LogP contribution in [0.4, 0.5) is 0 Å². The maximum atomic E-state index is 12.0. The van der Waals surface area contributed by atoms with Crippen molar-refractivity contribution in [1.82, 2.24) is 0 Å². The fraction of sp³-hybridized carbons (Fsp3) is 0.632. The van der Waals surface area contributed by atoms with Gasteiger partial charge in [-0.3, -0.25) is 4.79 Å². The summed E-state index contributed by atoms with van der Waals surface area (Å²) < 4.78 is 0. The molecular weight excluding hydrogens is 296 g/mol. The van der Waals surface area contributed by atoms with Crippen molar-refractivity contribution in [2.75, 3.05) is 0 Å². The Labute approximate surface area is 136 Å². The lowest BCUT2D eigenvalue weighted by atomic mass is 9.55. The molecule has 4 rings (SSSR count). The summed E-state index contributed by atoms with van der Waals surface area (Å²) in [6, 6.07) is 5.62. The lowest BCUT2D eigenvalue weighted by molar-refractivity contribution is -0.0225. The molecule has 3 aliphatic carbocycles. The maximum Gasteiger partial charge on any atom is 0.197 e. The van der Waals surface area contributed by atoms with Crippen LogP contribution in [0.2, 0.25) is 5.02 Å². The molecule has 3 aliphatic rings. The first-order chi connectivity index (χ1) is 10.5. The average Bonchev–Trinajstić information content (AvgIpc) is 2.72. The third-order valence-corrected chi connectivity index (χ3v) is 7.17. The van der Waals surface area contributed by atoms with E-state index in [-0.39, 0.29) is 16.9 Å². The monoisotopic (exact) mass is 318 g/mol. The molecule has 0 amide bonds. The lowest BCUT2D eigenvalue weighted by Gasteiger charge is -2.49. The van der Waals surface area contributed by atoms with Gasteiger partial charge in [0.1, 0.15) is 0 Å². The summed E-state index contributed by atoms with van der Waals surface area (Å²) in [5.41, 5.74) is 2.58. The Morgan fingerprint density at radius 1 is 1.23 bits per heavy atom. The van der Waals surface area contributed by atoms with E-state index in [1.54, 1.807) is 12.1 Å². The zero-order valence-corrected chi connectivity index (χ0v) is 13.8. The van der Waals surface area contributed by atoms with Gasteiger partial charge in [0.05, 0.1) is 11.1 Å². The van der Waals surface area contributed by atoms with Crippen molar-refractivity contribution >= 4 is 11.6 Å². The zero-order chi connectivity index (χ0) is 15.5. The van der Waals surface area contributed by atoms with Gasteiger partial charge in [-0.2, -0.15) is 0 Å². The Kier molecular flexibility index (Phi) is 3.39. The fourth-order valence-corrected chi connectivity index (χ4v) is 5.73. The molecule has 0 aromatic heterocycles. The molecule has 0 bridgehead atoms. The minimum Gasteiger partial charge on any atom is -0.393 e. The molecule has 3 heteroatoms. The van der Waals surface area contributed by atoms with E-state index >= 15 is 0 Å². The summed E-state index contributed by atoms with van der Waals surface area (Å²) >= 11 is 6.03. The summed E-state index contributed by atoms with van der Waals surface area (Å²) in [4.78, 5) is 12.0. The number of hydrogen-bond donors (Lipinski definition) is 1. The molecule has 0 heterocycles. The summed E-state index contributed by atoms with van der Waals surface area (Å²) in [5, 5.41) is 10.7. The SMILES string of the molecule is C[C@]12CC[C@@H]3c4ccc(Cl)c(=O)cc4CC[C@H]3[C@@H]1CC[C@@H]2O. The maximum absolute atomic E-state index is 12.0. The minimum absolute atomic E-state index is 0.0571. The summed E-state index contributed by atoms with van der Waals surface area (Å²) in [6.45, 7) is 2.29. The Morgan fingerprint density at radius 3 is 2.86 bits per heavy atom. The van der Waals surface area contributed by atoms with Crippen molar-refractivity contribution in [3.63, 3.8) is 0 Å². The Hall–Kier alpha value is -0.860. The van der Waals surface area contributed by atoms with Crippen LogP contribution in [0.5, 0.6) is 0 Å². The van der Waals surface area contributed by atoms with E-state index in [0.29, 0.717) is 22.8 Å². The molecule has 0 spiro atoms. The van der Waals surface area contributed by atoms with E-state index in [9.17, 15) is 9.90 Å². The molecule has 2 saturated carbocycles. The second kappa shape index (κ2) is 5.07. The van der Waals surface area contributed by atoms with Gasteiger partial charge in [0.25, 0.3) is 0 Å². The van der Waals surface area contributed by atoms with E-state index < -0.39 is 0 Å². The number of halogens is 1. The van der Waals surface area contributed by atoms with Crippen molar-refractivity contribution in [3.8, 4) is 0 Å². The Morgan fingerprint density at radius 2 is 2.05 bits per heavy atom. The highest BCUT2D eigenvalue weighted by Crippen LogP contribution is 2.60. The standard InChI is InChI=1S/C19H23ClO2/c1-19-9-8-13-12-4-6-16(20)17(21)10-11(12)2-3-14(13)15(19)5-7-18(19)22/h4,6,10,13-15,18,22H,2-3,5,7-9H2,1H3/t13-,14-,15+,18+,19+/m1/s1. The molecule has 118 valence electrons. The van der Waals surface area contributed by atoms with E-state index in [1.165, 1.54) is 11.1 Å². The van der Waals surface area contributed by atoms with E-state index in [0.717, 1.165) is 38.5 Å². The number of aliphatic hydroxyl groups excluding tert-OH is 1. The molecule has 0 aliphatic heterocycles. The summed E-state index contributed by atoms with van der Waals surface area (Å²) in [5.74, 6) is 1.82. The van der Waals surface area contributed by atoms with Gasteiger partial charge in [0.2, 0.25) is 0 Å². The molecule has 2 fully saturated rings. The van der Waals surface area contributed by atoms with E-state index in [1.807, 2.05) is 0 Å². The van der Waals surface area contributed by atoms with E-state index in [2.05, 4.69) is 13.0 Å². The topological polar surface area (TPSA) is 37.3 Å². The normalized spacial score (nSPS) is 39.8. The van der Waals surface area contributed by atoms with Crippen LogP contribution in [-0.2, 0) is 6.42 Å². The Balaban J connectivity index is 1.77. The van der Waals surface area contributed by atoms with Gasteiger partial charge in [0, 0.05) is 0 Å². The molecule has 22 heavy (non-hydrogen) atoms. The third-order valence-electron chi connectivity index (χ3n) is 6.85. The third kappa shape index (κ3) is 2.00. The number of rotatable bonds is 0. The molecule has 1 N–H and O–H groups in total. The van der Waals surface area contributed by atoms with Crippen molar-refractivity contribution in [2.24, 2.45) is 17.3 Å². The van der Waals surface area contributed by atoms with Crippen molar-refractivity contribution < 1.29 is 5.11 Å².